The first-order chi connectivity index (χ1) is 13.2. The molecule has 2 aliphatic rings. The van der Waals surface area contributed by atoms with Gasteiger partial charge in [-0.2, -0.15) is 0 Å². The monoisotopic (exact) mass is 364 g/mol. The van der Waals surface area contributed by atoms with Crippen LogP contribution in [0.25, 0.3) is 0 Å². The van der Waals surface area contributed by atoms with Gasteiger partial charge in [0, 0.05) is 30.9 Å². The lowest BCUT2D eigenvalue weighted by molar-refractivity contribution is -0.126. The van der Waals surface area contributed by atoms with Gasteiger partial charge in [-0.05, 0) is 55.8 Å². The largest absolute Gasteiger partial charge is 0.354 e. The molecule has 142 valence electrons. The lowest BCUT2D eigenvalue weighted by Gasteiger charge is -2.35. The molecule has 27 heavy (non-hydrogen) atoms. The number of fused-ring (bicyclic) bond motifs is 2. The topological polar surface area (TPSA) is 58.1 Å². The lowest BCUT2D eigenvalue weighted by Crippen LogP contribution is -2.50. The molecule has 0 bridgehead atoms. The number of likely N-dealkylation sites (N-methyl/N-ethyl adjacent to an activating group) is 1. The third-order valence-electron chi connectivity index (χ3n) is 5.89. The zero-order valence-corrected chi connectivity index (χ0v) is 16.3. The van der Waals surface area contributed by atoms with Gasteiger partial charge in [0.25, 0.3) is 0 Å². The van der Waals surface area contributed by atoms with Crippen LogP contribution in [0.4, 0.5) is 0 Å². The number of carbonyl (C=O) groups excluding carboxylic acids is 1. The normalized spacial score (nSPS) is 18.8. The highest BCUT2D eigenvalue weighted by Crippen LogP contribution is 2.24. The minimum Gasteiger partial charge on any atom is -0.354 e. The average Bonchev–Trinajstić information content (AvgIpc) is 3.16. The predicted molar refractivity (Wildman–Crippen MR) is 106 cm³/mol. The van der Waals surface area contributed by atoms with Gasteiger partial charge in [-0.3, -0.25) is 9.69 Å². The fourth-order valence-corrected chi connectivity index (χ4v) is 4.38. The van der Waals surface area contributed by atoms with Crippen LogP contribution in [0.1, 0.15) is 47.2 Å². The van der Waals surface area contributed by atoms with Crippen LogP contribution in [0.2, 0.25) is 0 Å². The number of rotatable bonds is 5. The molecule has 5 nitrogen and oxygen atoms in total. The van der Waals surface area contributed by atoms with Crippen molar-refractivity contribution in [2.45, 2.75) is 58.5 Å². The molecule has 1 aliphatic carbocycles. The van der Waals surface area contributed by atoms with Crippen molar-refractivity contribution in [1.82, 2.24) is 20.2 Å². The van der Waals surface area contributed by atoms with E-state index in [1.165, 1.54) is 28.8 Å². The maximum Gasteiger partial charge on any atom is 0.237 e. The Morgan fingerprint density at radius 3 is 2.85 bits per heavy atom. The molecule has 0 saturated carbocycles. The second-order valence-corrected chi connectivity index (χ2v) is 7.60. The maximum absolute atomic E-state index is 12.8. The van der Waals surface area contributed by atoms with E-state index >= 15 is 0 Å². The number of hydrogen-bond donors (Lipinski definition) is 1. The lowest BCUT2D eigenvalue weighted by atomic mass is 9.93. The van der Waals surface area contributed by atoms with Gasteiger partial charge >= 0.3 is 0 Å². The van der Waals surface area contributed by atoms with E-state index in [-0.39, 0.29) is 11.9 Å². The fourth-order valence-electron chi connectivity index (χ4n) is 4.38. The van der Waals surface area contributed by atoms with Crippen molar-refractivity contribution in [3.63, 3.8) is 0 Å². The van der Waals surface area contributed by atoms with Crippen LogP contribution in [0.15, 0.2) is 24.3 Å². The molecule has 0 unspecified atom stereocenters. The Labute approximate surface area is 161 Å². The third-order valence-corrected chi connectivity index (χ3v) is 5.89. The first kappa shape index (κ1) is 18.1. The molecule has 4 rings (SSSR count). The fraction of sp³-hybridized carbons (Fsp3) is 0.500. The molecular weight excluding hydrogens is 336 g/mol. The van der Waals surface area contributed by atoms with E-state index in [9.17, 15) is 4.79 Å². The minimum absolute atomic E-state index is 0.0902. The van der Waals surface area contributed by atoms with E-state index in [1.54, 1.807) is 0 Å². The van der Waals surface area contributed by atoms with Crippen LogP contribution in [0.5, 0.6) is 0 Å². The van der Waals surface area contributed by atoms with Crippen LogP contribution in [0, 0.1) is 6.92 Å². The van der Waals surface area contributed by atoms with Crippen molar-refractivity contribution < 1.29 is 4.79 Å². The number of aryl methyl sites for hydroxylation is 2. The first-order valence-electron chi connectivity index (χ1n) is 10.1. The van der Waals surface area contributed by atoms with Crippen molar-refractivity contribution in [2.24, 2.45) is 0 Å². The predicted octanol–water partition coefficient (Wildman–Crippen LogP) is 2.38. The number of nitrogens with zero attached hydrogens (tertiary/aromatic N) is 3. The molecule has 2 aromatic rings. The second-order valence-electron chi connectivity index (χ2n) is 7.60. The number of amides is 1. The van der Waals surface area contributed by atoms with Gasteiger partial charge in [0.05, 0.1) is 6.04 Å². The van der Waals surface area contributed by atoms with E-state index in [1.807, 2.05) is 0 Å². The van der Waals surface area contributed by atoms with Crippen LogP contribution >= 0.6 is 0 Å². The molecule has 1 atom stereocenters. The zero-order chi connectivity index (χ0) is 18.8. The number of nitrogens with one attached hydrogen (secondary N) is 1. The SMILES string of the molecule is CCN1Cc2ccccc2C[C@@H]1C(=O)NCCc1nc(C)c2c(n1)CCC2. The summed E-state index contributed by atoms with van der Waals surface area (Å²) in [5, 5.41) is 3.12. The molecule has 5 heteroatoms. The van der Waals surface area contributed by atoms with Gasteiger partial charge in [-0.1, -0.05) is 31.2 Å². The molecule has 0 radical (unpaired) electrons. The standard InChI is InChI=1S/C22H28N4O/c1-3-26-14-17-8-5-4-7-16(17)13-20(26)22(27)23-12-11-21-24-15(2)18-9-6-10-19(18)25-21/h4-5,7-8,20H,3,6,9-14H2,1-2H3,(H,23,27)/t20-/m1/s1. The van der Waals surface area contributed by atoms with Crippen molar-refractivity contribution >= 4 is 5.91 Å². The Morgan fingerprint density at radius 1 is 1.22 bits per heavy atom. The maximum atomic E-state index is 12.8. The van der Waals surface area contributed by atoms with Crippen LogP contribution in [0.3, 0.4) is 0 Å². The highest BCUT2D eigenvalue weighted by Gasteiger charge is 2.30. The van der Waals surface area contributed by atoms with E-state index in [0.29, 0.717) is 13.0 Å². The van der Waals surface area contributed by atoms with Gasteiger partial charge < -0.3 is 5.32 Å². The van der Waals surface area contributed by atoms with Crippen LogP contribution in [-0.4, -0.2) is 39.9 Å². The van der Waals surface area contributed by atoms with Crippen molar-refractivity contribution in [2.75, 3.05) is 13.1 Å². The number of hydrogen-bond acceptors (Lipinski definition) is 4. The van der Waals surface area contributed by atoms with Crippen LogP contribution < -0.4 is 5.32 Å². The van der Waals surface area contributed by atoms with Gasteiger partial charge in [-0.15, -0.1) is 0 Å². The summed E-state index contributed by atoms with van der Waals surface area (Å²) < 4.78 is 0. The van der Waals surface area contributed by atoms with E-state index in [0.717, 1.165) is 43.9 Å². The smallest absolute Gasteiger partial charge is 0.237 e. The number of benzene rings is 1. The summed E-state index contributed by atoms with van der Waals surface area (Å²) in [6, 6.07) is 8.35. The van der Waals surface area contributed by atoms with E-state index in [4.69, 9.17) is 4.98 Å². The molecule has 1 aromatic heterocycles. The summed E-state index contributed by atoms with van der Waals surface area (Å²) in [6.07, 6.45) is 4.82. The summed E-state index contributed by atoms with van der Waals surface area (Å²) in [7, 11) is 0. The Kier molecular flexibility index (Phi) is 5.21. The Morgan fingerprint density at radius 2 is 2.04 bits per heavy atom. The van der Waals surface area contributed by atoms with Gasteiger partial charge in [0.1, 0.15) is 5.82 Å². The highest BCUT2D eigenvalue weighted by molar-refractivity contribution is 5.82. The Hall–Kier alpha value is -2.27. The molecule has 0 fully saturated rings. The molecule has 2 heterocycles. The van der Waals surface area contributed by atoms with E-state index in [2.05, 4.69) is 53.3 Å². The Bertz CT molecular complexity index is 848. The third kappa shape index (κ3) is 3.74. The van der Waals surface area contributed by atoms with Crippen LogP contribution in [-0.2, 0) is 37.0 Å². The molecular formula is C22H28N4O. The highest BCUT2D eigenvalue weighted by atomic mass is 16.2. The van der Waals surface area contributed by atoms with Gasteiger partial charge in [-0.25, -0.2) is 9.97 Å². The molecule has 1 aromatic carbocycles. The second kappa shape index (κ2) is 7.77. The van der Waals surface area contributed by atoms with Crippen molar-refractivity contribution in [1.29, 1.82) is 0 Å². The molecule has 1 aliphatic heterocycles. The first-order valence-corrected chi connectivity index (χ1v) is 10.1. The zero-order valence-electron chi connectivity index (χ0n) is 16.3. The summed E-state index contributed by atoms with van der Waals surface area (Å²) in [5.41, 5.74) is 6.29. The van der Waals surface area contributed by atoms with Gasteiger partial charge in [0.2, 0.25) is 5.91 Å². The summed E-state index contributed by atoms with van der Waals surface area (Å²) >= 11 is 0. The number of carbonyl (C=O) groups is 1. The Balaban J connectivity index is 1.37. The molecule has 1 amide bonds. The minimum atomic E-state index is -0.0902. The van der Waals surface area contributed by atoms with Gasteiger partial charge in [0.15, 0.2) is 0 Å². The molecule has 1 N–H and O–H groups in total. The van der Waals surface area contributed by atoms with Crippen molar-refractivity contribution in [3.8, 4) is 0 Å². The molecule has 0 saturated heterocycles. The summed E-state index contributed by atoms with van der Waals surface area (Å²) in [6.45, 7) is 6.51. The van der Waals surface area contributed by atoms with Crippen molar-refractivity contribution in [3.05, 3.63) is 58.2 Å². The van der Waals surface area contributed by atoms with E-state index < -0.39 is 0 Å². The number of aromatic nitrogens is 2. The summed E-state index contributed by atoms with van der Waals surface area (Å²) in [5.74, 6) is 0.971. The quantitative estimate of drug-likeness (QED) is 0.885. The average molecular weight is 364 g/mol. The molecule has 0 spiro atoms. The summed E-state index contributed by atoms with van der Waals surface area (Å²) in [4.78, 5) is 24.4.